The molecule has 0 aromatic heterocycles. The molecule has 1 aliphatic rings. The van der Waals surface area contributed by atoms with E-state index in [4.69, 9.17) is 9.47 Å². The van der Waals surface area contributed by atoms with E-state index in [1.807, 2.05) is 6.92 Å². The minimum absolute atomic E-state index is 0.0230. The summed E-state index contributed by atoms with van der Waals surface area (Å²) in [5.74, 6) is 0.226. The molecule has 1 fully saturated rings. The maximum atomic E-state index is 11.7. The van der Waals surface area contributed by atoms with Crippen LogP contribution < -0.4 is 20.3 Å². The van der Waals surface area contributed by atoms with Crippen molar-refractivity contribution < 1.29 is 27.5 Å². The number of benzene rings is 1. The molecule has 0 radical (unpaired) electrons. The first-order chi connectivity index (χ1) is 11.9. The highest BCUT2D eigenvalue weighted by atomic mass is 32.2. The summed E-state index contributed by atoms with van der Waals surface area (Å²) in [5.41, 5.74) is 4.51. The predicted octanol–water partition coefficient (Wildman–Crippen LogP) is 0.436. The van der Waals surface area contributed by atoms with Crippen molar-refractivity contribution in [3.05, 3.63) is 24.3 Å². The van der Waals surface area contributed by atoms with E-state index in [1.54, 1.807) is 24.3 Å². The second kappa shape index (κ2) is 8.70. The van der Waals surface area contributed by atoms with Gasteiger partial charge in [0.05, 0.1) is 18.1 Å². The monoisotopic (exact) mass is 370 g/mol. The Hall–Kier alpha value is -2.29. The second-order valence-electron chi connectivity index (χ2n) is 5.76. The standard InChI is InChI=1S/C16H22N2O6S/c1-2-23-13-3-5-14(6-4-13)24-10-16(20)18-17-15(19)9-12-7-8-25(21,22)11-12/h3-6,12H,2,7-11H2,1H3,(H,17,19)(H,18,20)/t12-/m1/s1. The highest BCUT2D eigenvalue weighted by Crippen LogP contribution is 2.21. The number of sulfone groups is 1. The van der Waals surface area contributed by atoms with Crippen molar-refractivity contribution in [2.45, 2.75) is 19.8 Å². The molecule has 0 spiro atoms. The number of rotatable bonds is 7. The summed E-state index contributed by atoms with van der Waals surface area (Å²) in [6.07, 6.45) is 0.545. The maximum Gasteiger partial charge on any atom is 0.276 e. The minimum atomic E-state index is -3.01. The summed E-state index contributed by atoms with van der Waals surface area (Å²) in [7, 11) is -3.01. The fourth-order valence-electron chi connectivity index (χ4n) is 2.47. The number of amides is 2. The third-order valence-corrected chi connectivity index (χ3v) is 5.48. The first-order valence-corrected chi connectivity index (χ1v) is 9.84. The molecule has 2 N–H and O–H groups in total. The van der Waals surface area contributed by atoms with Gasteiger partial charge in [-0.25, -0.2) is 8.42 Å². The van der Waals surface area contributed by atoms with Gasteiger partial charge in [0.25, 0.3) is 5.91 Å². The summed E-state index contributed by atoms with van der Waals surface area (Å²) < 4.78 is 33.3. The van der Waals surface area contributed by atoms with Crippen LogP contribution in [-0.2, 0) is 19.4 Å². The largest absolute Gasteiger partial charge is 0.494 e. The third-order valence-electron chi connectivity index (χ3n) is 3.65. The van der Waals surface area contributed by atoms with Crippen molar-refractivity contribution in [2.75, 3.05) is 24.7 Å². The Kier molecular flexibility index (Phi) is 6.63. The number of carbonyl (C=O) groups is 2. The van der Waals surface area contributed by atoms with Crippen molar-refractivity contribution >= 4 is 21.7 Å². The van der Waals surface area contributed by atoms with Gasteiger partial charge in [-0.05, 0) is 43.5 Å². The molecule has 1 aromatic carbocycles. The Morgan fingerprint density at radius 1 is 1.08 bits per heavy atom. The molecule has 2 amide bonds. The lowest BCUT2D eigenvalue weighted by molar-refractivity contribution is -0.130. The molecule has 0 aliphatic carbocycles. The third kappa shape index (κ3) is 6.61. The van der Waals surface area contributed by atoms with Crippen LogP contribution in [0.2, 0.25) is 0 Å². The molecule has 8 nitrogen and oxygen atoms in total. The van der Waals surface area contributed by atoms with E-state index >= 15 is 0 Å². The predicted molar refractivity (Wildman–Crippen MR) is 90.8 cm³/mol. The van der Waals surface area contributed by atoms with Crippen LogP contribution in [-0.4, -0.2) is 45.0 Å². The van der Waals surface area contributed by atoms with Crippen LogP contribution in [0.4, 0.5) is 0 Å². The average Bonchev–Trinajstić information content (AvgIpc) is 2.91. The summed E-state index contributed by atoms with van der Waals surface area (Å²) in [4.78, 5) is 23.4. The Balaban J connectivity index is 1.65. The SMILES string of the molecule is CCOc1ccc(OCC(=O)NNC(=O)C[C@H]2CCS(=O)(=O)C2)cc1. The van der Waals surface area contributed by atoms with Gasteiger partial charge >= 0.3 is 0 Å². The minimum Gasteiger partial charge on any atom is -0.494 e. The van der Waals surface area contributed by atoms with Gasteiger partial charge in [-0.2, -0.15) is 0 Å². The van der Waals surface area contributed by atoms with Crippen LogP contribution in [0.3, 0.4) is 0 Å². The average molecular weight is 370 g/mol. The lowest BCUT2D eigenvalue weighted by Crippen LogP contribution is -2.44. The van der Waals surface area contributed by atoms with Gasteiger partial charge in [-0.15, -0.1) is 0 Å². The van der Waals surface area contributed by atoms with Crippen LogP contribution in [0.25, 0.3) is 0 Å². The van der Waals surface area contributed by atoms with Crippen molar-refractivity contribution in [1.29, 1.82) is 0 Å². The second-order valence-corrected chi connectivity index (χ2v) is 7.99. The number of hydrogen-bond acceptors (Lipinski definition) is 6. The van der Waals surface area contributed by atoms with E-state index in [-0.39, 0.29) is 30.5 Å². The van der Waals surface area contributed by atoms with Crippen LogP contribution in [0.15, 0.2) is 24.3 Å². The highest BCUT2D eigenvalue weighted by Gasteiger charge is 2.29. The summed E-state index contributed by atoms with van der Waals surface area (Å²) in [6, 6.07) is 6.82. The van der Waals surface area contributed by atoms with Crippen LogP contribution in [0.1, 0.15) is 19.8 Å². The van der Waals surface area contributed by atoms with E-state index < -0.39 is 21.7 Å². The molecule has 138 valence electrons. The first-order valence-electron chi connectivity index (χ1n) is 8.01. The molecule has 0 saturated carbocycles. The first kappa shape index (κ1) is 19.0. The Bertz CT molecular complexity index is 702. The zero-order valence-electron chi connectivity index (χ0n) is 14.0. The fraction of sp³-hybridized carbons (Fsp3) is 0.500. The van der Waals surface area contributed by atoms with Crippen molar-refractivity contribution in [3.63, 3.8) is 0 Å². The molecule has 9 heteroatoms. The van der Waals surface area contributed by atoms with Gasteiger partial charge in [0.2, 0.25) is 5.91 Å². The molecule has 0 unspecified atom stereocenters. The number of nitrogens with one attached hydrogen (secondary N) is 2. The molecule has 1 aromatic rings. The zero-order valence-corrected chi connectivity index (χ0v) is 14.8. The summed E-state index contributed by atoms with van der Waals surface area (Å²) in [6.45, 7) is 2.19. The molecule has 2 rings (SSSR count). The van der Waals surface area contributed by atoms with E-state index in [0.717, 1.165) is 0 Å². The summed E-state index contributed by atoms with van der Waals surface area (Å²) >= 11 is 0. The number of hydrazine groups is 1. The fourth-order valence-corrected chi connectivity index (χ4v) is 4.33. The number of ether oxygens (including phenoxy) is 2. The molecule has 1 saturated heterocycles. The molecule has 1 aliphatic heterocycles. The Labute approximate surface area is 146 Å². The Morgan fingerprint density at radius 3 is 2.24 bits per heavy atom. The normalized spacial score (nSPS) is 18.4. The molecule has 25 heavy (non-hydrogen) atoms. The van der Waals surface area contributed by atoms with Gasteiger partial charge in [0.15, 0.2) is 16.4 Å². The van der Waals surface area contributed by atoms with E-state index in [2.05, 4.69) is 10.9 Å². The van der Waals surface area contributed by atoms with Gasteiger partial charge in [0.1, 0.15) is 11.5 Å². The molecular formula is C16H22N2O6S. The molecular weight excluding hydrogens is 348 g/mol. The van der Waals surface area contributed by atoms with Crippen LogP contribution in [0.5, 0.6) is 11.5 Å². The topological polar surface area (TPSA) is 111 Å². The quantitative estimate of drug-likeness (QED) is 0.674. The number of hydrogen-bond donors (Lipinski definition) is 2. The van der Waals surface area contributed by atoms with Gasteiger partial charge in [0, 0.05) is 6.42 Å². The van der Waals surface area contributed by atoms with Crippen LogP contribution in [0, 0.1) is 5.92 Å². The van der Waals surface area contributed by atoms with Crippen molar-refractivity contribution in [1.82, 2.24) is 10.9 Å². The molecule has 1 atom stereocenters. The van der Waals surface area contributed by atoms with Crippen LogP contribution >= 0.6 is 0 Å². The van der Waals surface area contributed by atoms with Crippen molar-refractivity contribution in [3.8, 4) is 11.5 Å². The smallest absolute Gasteiger partial charge is 0.276 e. The van der Waals surface area contributed by atoms with Gasteiger partial charge in [-0.1, -0.05) is 0 Å². The van der Waals surface area contributed by atoms with E-state index in [1.165, 1.54) is 0 Å². The summed E-state index contributed by atoms with van der Waals surface area (Å²) in [5, 5.41) is 0. The maximum absolute atomic E-state index is 11.7. The van der Waals surface area contributed by atoms with Crippen molar-refractivity contribution in [2.24, 2.45) is 5.92 Å². The van der Waals surface area contributed by atoms with E-state index in [9.17, 15) is 18.0 Å². The van der Waals surface area contributed by atoms with E-state index in [0.29, 0.717) is 24.5 Å². The highest BCUT2D eigenvalue weighted by molar-refractivity contribution is 7.91. The van der Waals surface area contributed by atoms with Gasteiger partial charge < -0.3 is 9.47 Å². The zero-order chi connectivity index (χ0) is 18.3. The van der Waals surface area contributed by atoms with Gasteiger partial charge in [-0.3, -0.25) is 20.4 Å². The lowest BCUT2D eigenvalue weighted by Gasteiger charge is -2.11. The molecule has 1 heterocycles. The Morgan fingerprint density at radius 2 is 1.68 bits per heavy atom. The molecule has 0 bridgehead atoms. The lowest BCUT2D eigenvalue weighted by atomic mass is 10.1. The number of carbonyl (C=O) groups excluding carboxylic acids is 2.